The first-order valence-electron chi connectivity index (χ1n) is 2.07. The van der Waals surface area contributed by atoms with Gasteiger partial charge in [-0.1, -0.05) is 0 Å². The van der Waals surface area contributed by atoms with Crippen LogP contribution in [0.1, 0.15) is 10.6 Å². The molecule has 0 aromatic carbocycles. The summed E-state index contributed by atoms with van der Waals surface area (Å²) in [6.07, 6.45) is 1.32. The Morgan fingerprint density at radius 1 is 1.67 bits per heavy atom. The van der Waals surface area contributed by atoms with E-state index >= 15 is 0 Å². The van der Waals surface area contributed by atoms with Crippen LogP contribution in [0.2, 0.25) is 0 Å². The van der Waals surface area contributed by atoms with Crippen molar-refractivity contribution in [1.82, 2.24) is 0 Å². The van der Waals surface area contributed by atoms with Crippen molar-refractivity contribution in [3.05, 3.63) is 24.2 Å². The number of furan rings is 1. The molecule has 0 bridgehead atoms. The number of aromatic carboxylic acids is 1. The third kappa shape index (κ3) is 2.59. The Hall–Kier alpha value is 0.321. The molecule has 1 heterocycles. The zero-order valence-electron chi connectivity index (χ0n) is 4.00. The fraction of sp³-hybridized carbons (Fsp3) is 0. The fourth-order valence-electron chi connectivity index (χ4n) is 0.400. The minimum atomic E-state index is -1.03. The molecule has 4 heteroatoms. The van der Waals surface area contributed by atoms with Gasteiger partial charge in [-0.25, -0.2) is 4.79 Å². The second kappa shape index (κ2) is 4.19. The van der Waals surface area contributed by atoms with E-state index in [-0.39, 0.29) is 54.6 Å². The van der Waals surface area contributed by atoms with Crippen molar-refractivity contribution in [3.63, 3.8) is 0 Å². The van der Waals surface area contributed by atoms with E-state index in [1.165, 1.54) is 18.4 Å². The van der Waals surface area contributed by atoms with E-state index in [0.717, 1.165) is 0 Å². The van der Waals surface area contributed by atoms with Gasteiger partial charge in [-0.2, -0.15) is 0 Å². The molecule has 0 spiro atoms. The summed E-state index contributed by atoms with van der Waals surface area (Å²) >= 11 is 0. The van der Waals surface area contributed by atoms with Crippen molar-refractivity contribution >= 4 is 54.9 Å². The molecule has 0 aliphatic heterocycles. The van der Waals surface area contributed by atoms with Crippen LogP contribution >= 0.6 is 0 Å². The summed E-state index contributed by atoms with van der Waals surface area (Å²) in [7, 11) is 0. The normalized spacial score (nSPS) is 8.00. The predicted octanol–water partition coefficient (Wildman–Crippen LogP) is 0.0616. The Balaban J connectivity index is 0.000000640. The summed E-state index contributed by atoms with van der Waals surface area (Å²) in [4.78, 5) is 9.97. The Kier molecular flexibility index (Phi) is 4.34. The van der Waals surface area contributed by atoms with Crippen molar-refractivity contribution in [3.8, 4) is 0 Å². The number of rotatable bonds is 1. The van der Waals surface area contributed by atoms with Gasteiger partial charge in [-0.3, -0.25) is 0 Å². The summed E-state index contributed by atoms with van der Waals surface area (Å²) in [6.45, 7) is 0. The zero-order valence-corrected chi connectivity index (χ0v) is 4.00. The second-order valence-corrected chi connectivity index (χ2v) is 1.28. The van der Waals surface area contributed by atoms with Crippen LogP contribution in [0.5, 0.6) is 0 Å². The SMILES string of the molecule is O=C(O)c1ccco1.[BaH2]. The van der Waals surface area contributed by atoms with Crippen LogP contribution in [0.3, 0.4) is 0 Å². The van der Waals surface area contributed by atoms with Crippen LogP contribution in [0.25, 0.3) is 0 Å². The average molecular weight is 251 g/mol. The molecule has 0 radical (unpaired) electrons. The topological polar surface area (TPSA) is 50.4 Å². The molecule has 1 rings (SSSR count). The Morgan fingerprint density at radius 2 is 2.33 bits per heavy atom. The summed E-state index contributed by atoms with van der Waals surface area (Å²) in [5.74, 6) is -1.06. The number of hydrogen-bond acceptors (Lipinski definition) is 2. The standard InChI is InChI=1S/C5H4O3.Ba.2H/c6-5(7)4-2-1-3-8-4;;;/h1-3H,(H,6,7);;;. The van der Waals surface area contributed by atoms with Gasteiger partial charge in [0.05, 0.1) is 6.26 Å². The first-order valence-corrected chi connectivity index (χ1v) is 2.07. The van der Waals surface area contributed by atoms with E-state index < -0.39 is 5.97 Å². The maximum atomic E-state index is 9.97. The van der Waals surface area contributed by atoms with Gasteiger partial charge >= 0.3 is 54.9 Å². The molecule has 0 unspecified atom stereocenters. The third-order valence-electron chi connectivity index (χ3n) is 0.732. The number of carboxylic acid groups (broad SMARTS) is 1. The van der Waals surface area contributed by atoms with Crippen molar-refractivity contribution in [2.45, 2.75) is 0 Å². The molecule has 0 saturated carbocycles. The molecule has 0 fully saturated rings. The van der Waals surface area contributed by atoms with E-state index in [4.69, 9.17) is 5.11 Å². The van der Waals surface area contributed by atoms with Crippen LogP contribution in [-0.2, 0) is 0 Å². The number of hydrogen-bond donors (Lipinski definition) is 1. The molecule has 0 aliphatic rings. The second-order valence-electron chi connectivity index (χ2n) is 1.28. The number of carboxylic acids is 1. The van der Waals surface area contributed by atoms with Crippen LogP contribution in [0.15, 0.2) is 22.8 Å². The molecule has 3 nitrogen and oxygen atoms in total. The molecule has 1 aromatic heterocycles. The molecular formula is C5H6BaO3. The van der Waals surface area contributed by atoms with Crippen LogP contribution < -0.4 is 0 Å². The molecule has 1 N–H and O–H groups in total. The van der Waals surface area contributed by atoms with E-state index in [2.05, 4.69) is 4.42 Å². The maximum absolute atomic E-state index is 9.97. The molecule has 0 atom stereocenters. The van der Waals surface area contributed by atoms with Gasteiger partial charge < -0.3 is 9.52 Å². The summed E-state index contributed by atoms with van der Waals surface area (Å²) in [5.41, 5.74) is 0. The first kappa shape index (κ1) is 9.32. The zero-order chi connectivity index (χ0) is 5.98. The van der Waals surface area contributed by atoms with Crippen molar-refractivity contribution in [2.75, 3.05) is 0 Å². The van der Waals surface area contributed by atoms with E-state index in [0.29, 0.717) is 0 Å². The van der Waals surface area contributed by atoms with Gasteiger partial charge in [0.15, 0.2) is 0 Å². The number of carbonyl (C=O) groups is 1. The molecule has 9 heavy (non-hydrogen) atoms. The van der Waals surface area contributed by atoms with Gasteiger partial charge in [-0.15, -0.1) is 0 Å². The molecule has 0 saturated heterocycles. The molecule has 46 valence electrons. The summed E-state index contributed by atoms with van der Waals surface area (Å²) in [5, 5.41) is 8.18. The molecule has 1 aromatic rings. The fourth-order valence-corrected chi connectivity index (χ4v) is 0.400. The van der Waals surface area contributed by atoms with Crippen molar-refractivity contribution in [2.24, 2.45) is 0 Å². The minimum absolute atomic E-state index is 0. The van der Waals surface area contributed by atoms with Crippen LogP contribution in [0.4, 0.5) is 0 Å². The van der Waals surface area contributed by atoms with Crippen molar-refractivity contribution in [1.29, 1.82) is 0 Å². The predicted molar refractivity (Wildman–Crippen MR) is 34.2 cm³/mol. The van der Waals surface area contributed by atoms with Crippen LogP contribution in [0, 0.1) is 0 Å². The van der Waals surface area contributed by atoms with E-state index in [9.17, 15) is 4.79 Å². The summed E-state index contributed by atoms with van der Waals surface area (Å²) < 4.78 is 4.50. The summed E-state index contributed by atoms with van der Waals surface area (Å²) in [6, 6.07) is 2.92. The molecule has 0 aliphatic carbocycles. The Labute approximate surface area is 92.1 Å². The Morgan fingerprint density at radius 3 is 2.56 bits per heavy atom. The molecular weight excluding hydrogens is 245 g/mol. The third-order valence-corrected chi connectivity index (χ3v) is 0.732. The van der Waals surface area contributed by atoms with Gasteiger partial charge in [0, 0.05) is 0 Å². The van der Waals surface area contributed by atoms with Gasteiger partial charge in [0.2, 0.25) is 5.76 Å². The first-order chi connectivity index (χ1) is 3.80. The van der Waals surface area contributed by atoms with Gasteiger partial charge in [0.1, 0.15) is 0 Å². The van der Waals surface area contributed by atoms with Gasteiger partial charge in [-0.05, 0) is 12.1 Å². The van der Waals surface area contributed by atoms with E-state index in [1.807, 2.05) is 0 Å². The average Bonchev–Trinajstić information content (AvgIpc) is 2.12. The molecule has 0 amide bonds. The van der Waals surface area contributed by atoms with Gasteiger partial charge in [0.25, 0.3) is 0 Å². The van der Waals surface area contributed by atoms with E-state index in [1.54, 1.807) is 0 Å². The quantitative estimate of drug-likeness (QED) is 0.718. The van der Waals surface area contributed by atoms with Crippen molar-refractivity contribution < 1.29 is 14.3 Å². The monoisotopic (exact) mass is 252 g/mol. The van der Waals surface area contributed by atoms with Crippen LogP contribution in [-0.4, -0.2) is 60.0 Å². The Bertz CT molecular complexity index is 180.